The minimum absolute atomic E-state index is 0.124. The molecule has 0 saturated heterocycles. The quantitative estimate of drug-likeness (QED) is 0.586. The summed E-state index contributed by atoms with van der Waals surface area (Å²) in [6.07, 6.45) is 1.20. The first kappa shape index (κ1) is 15.7. The molecule has 0 bridgehead atoms. The highest BCUT2D eigenvalue weighted by Crippen LogP contribution is 2.13. The Morgan fingerprint density at radius 3 is 2.44 bits per heavy atom. The number of carbonyl (C=O) groups excluding carboxylic acids is 1. The van der Waals surface area contributed by atoms with Crippen molar-refractivity contribution in [1.29, 1.82) is 0 Å². The molecule has 0 radical (unpaired) electrons. The molecule has 0 aromatic heterocycles. The van der Waals surface area contributed by atoms with Crippen molar-refractivity contribution in [3.05, 3.63) is 0 Å². The zero-order chi connectivity index (χ0) is 12.8. The first-order valence-corrected chi connectivity index (χ1v) is 8.23. The van der Waals surface area contributed by atoms with E-state index in [1.165, 1.54) is 18.0 Å². The fourth-order valence-corrected chi connectivity index (χ4v) is 3.57. The average Bonchev–Trinajstić information content (AvgIpc) is 2.11. The second-order valence-corrected chi connectivity index (χ2v) is 7.27. The lowest BCUT2D eigenvalue weighted by atomic mass is 10.1. The van der Waals surface area contributed by atoms with Crippen molar-refractivity contribution < 1.29 is 13.2 Å². The Balaban J connectivity index is 4.10. The van der Waals surface area contributed by atoms with Gasteiger partial charge in [0.1, 0.15) is 15.4 Å². The molecule has 0 rings (SSSR count). The molecule has 0 heterocycles. The van der Waals surface area contributed by atoms with Crippen LogP contribution in [0.25, 0.3) is 0 Å². The van der Waals surface area contributed by atoms with Crippen LogP contribution in [0, 0.1) is 0 Å². The van der Waals surface area contributed by atoms with Crippen LogP contribution in [-0.2, 0) is 14.6 Å². The number of nitrogens with two attached hydrogens (primary N) is 1. The summed E-state index contributed by atoms with van der Waals surface area (Å²) >= 11 is 1.41. The topological polar surface area (TPSA) is 89.3 Å². The number of likely N-dealkylation sites (N-methyl/N-ethyl adjacent to an activating group) is 1. The summed E-state index contributed by atoms with van der Waals surface area (Å²) in [6.45, 7) is 4.26. The van der Waals surface area contributed by atoms with Gasteiger partial charge in [0, 0.05) is 17.8 Å². The van der Waals surface area contributed by atoms with Gasteiger partial charge < -0.3 is 11.1 Å². The predicted octanol–water partition coefficient (Wildman–Crippen LogP) is -0.382. The molecule has 1 unspecified atom stereocenters. The molecule has 0 aliphatic carbocycles. The minimum atomic E-state index is -2.93. The van der Waals surface area contributed by atoms with Gasteiger partial charge in [0.25, 0.3) is 0 Å². The van der Waals surface area contributed by atoms with Crippen LogP contribution in [0.5, 0.6) is 0 Å². The highest BCUT2D eigenvalue weighted by Gasteiger charge is 2.29. The van der Waals surface area contributed by atoms with Crippen LogP contribution in [0.2, 0.25) is 0 Å². The fourth-order valence-electron chi connectivity index (χ4n) is 1.09. The van der Waals surface area contributed by atoms with E-state index in [1.54, 1.807) is 6.92 Å². The molecule has 7 heteroatoms. The molecule has 0 aliphatic heterocycles. The molecule has 3 N–H and O–H groups in total. The van der Waals surface area contributed by atoms with Gasteiger partial charge in [0.05, 0.1) is 5.75 Å². The van der Waals surface area contributed by atoms with Crippen LogP contribution >= 0.6 is 11.8 Å². The van der Waals surface area contributed by atoms with E-state index >= 15 is 0 Å². The maximum atomic E-state index is 11.2. The highest BCUT2D eigenvalue weighted by atomic mass is 32.2. The summed E-state index contributed by atoms with van der Waals surface area (Å²) in [6, 6.07) is 0. The fraction of sp³-hybridized carbons (Fsp3) is 0.889. The molecule has 0 aromatic carbocycles. The minimum Gasteiger partial charge on any atom is -0.368 e. The lowest BCUT2D eigenvalue weighted by Crippen LogP contribution is -2.55. The molecule has 0 saturated carbocycles. The zero-order valence-corrected chi connectivity index (χ0v) is 11.6. The van der Waals surface area contributed by atoms with Gasteiger partial charge in [-0.15, -0.1) is 0 Å². The Hall–Kier alpha value is -0.270. The Bertz CT molecular complexity index is 330. The third kappa shape index (κ3) is 6.34. The van der Waals surface area contributed by atoms with Gasteiger partial charge in [-0.1, -0.05) is 6.92 Å². The Kier molecular flexibility index (Phi) is 6.35. The lowest BCUT2D eigenvalue weighted by Gasteiger charge is -2.26. The molecule has 0 fully saturated rings. The van der Waals surface area contributed by atoms with Crippen molar-refractivity contribution >= 4 is 27.5 Å². The van der Waals surface area contributed by atoms with Crippen LogP contribution in [0.4, 0.5) is 0 Å². The third-order valence-electron chi connectivity index (χ3n) is 2.10. The maximum absolute atomic E-state index is 11.2. The summed E-state index contributed by atoms with van der Waals surface area (Å²) in [7, 11) is -2.93. The van der Waals surface area contributed by atoms with Gasteiger partial charge in [0.2, 0.25) is 5.91 Å². The SMILES string of the molecule is CCNC(C)(CSCCS(C)(=O)=O)C(N)=O. The number of hydrogen-bond acceptors (Lipinski definition) is 5. The van der Waals surface area contributed by atoms with Crippen LogP contribution in [0.3, 0.4) is 0 Å². The predicted molar refractivity (Wildman–Crippen MR) is 68.3 cm³/mol. The van der Waals surface area contributed by atoms with Crippen molar-refractivity contribution in [2.24, 2.45) is 5.73 Å². The molecule has 96 valence electrons. The number of amides is 1. The van der Waals surface area contributed by atoms with E-state index in [4.69, 9.17) is 5.73 Å². The smallest absolute Gasteiger partial charge is 0.238 e. The van der Waals surface area contributed by atoms with Gasteiger partial charge in [-0.2, -0.15) is 11.8 Å². The molecule has 16 heavy (non-hydrogen) atoms. The number of thioether (sulfide) groups is 1. The summed E-state index contributed by atoms with van der Waals surface area (Å²) in [4.78, 5) is 11.2. The second kappa shape index (κ2) is 6.46. The number of rotatable bonds is 8. The third-order valence-corrected chi connectivity index (χ3v) is 4.58. The second-order valence-electron chi connectivity index (χ2n) is 3.91. The monoisotopic (exact) mass is 268 g/mol. The van der Waals surface area contributed by atoms with Crippen molar-refractivity contribution in [2.75, 3.05) is 30.1 Å². The average molecular weight is 268 g/mol. The van der Waals surface area contributed by atoms with Crippen molar-refractivity contribution in [3.8, 4) is 0 Å². The summed E-state index contributed by atoms with van der Waals surface area (Å²) in [5.74, 6) is 0.665. The van der Waals surface area contributed by atoms with Gasteiger partial charge in [0.15, 0.2) is 0 Å². The molecule has 1 atom stereocenters. The van der Waals surface area contributed by atoms with Crippen LogP contribution in [0.15, 0.2) is 0 Å². The Morgan fingerprint density at radius 1 is 1.50 bits per heavy atom. The van der Waals surface area contributed by atoms with Crippen molar-refractivity contribution in [3.63, 3.8) is 0 Å². The van der Waals surface area contributed by atoms with E-state index in [9.17, 15) is 13.2 Å². The van der Waals surface area contributed by atoms with E-state index < -0.39 is 21.3 Å². The van der Waals surface area contributed by atoms with E-state index in [-0.39, 0.29) is 5.75 Å². The zero-order valence-electron chi connectivity index (χ0n) is 9.95. The summed E-state index contributed by atoms with van der Waals surface area (Å²) in [5, 5.41) is 3.01. The van der Waals surface area contributed by atoms with Crippen molar-refractivity contribution in [2.45, 2.75) is 19.4 Å². The molecule has 0 aliphatic rings. The molecule has 1 amide bonds. The number of sulfone groups is 1. The number of carbonyl (C=O) groups is 1. The molecule has 5 nitrogen and oxygen atoms in total. The van der Waals surface area contributed by atoms with E-state index in [0.717, 1.165) is 0 Å². The molecular formula is C9H20N2O3S2. The highest BCUT2D eigenvalue weighted by molar-refractivity contribution is 8.00. The summed E-state index contributed by atoms with van der Waals surface area (Å²) in [5.41, 5.74) is 4.53. The first-order chi connectivity index (χ1) is 7.21. The maximum Gasteiger partial charge on any atom is 0.238 e. The van der Waals surface area contributed by atoms with Gasteiger partial charge >= 0.3 is 0 Å². The van der Waals surface area contributed by atoms with Gasteiger partial charge in [-0.25, -0.2) is 8.42 Å². The normalized spacial score (nSPS) is 15.7. The standard InChI is InChI=1S/C9H20N2O3S2/c1-4-11-9(2,8(10)12)7-15-5-6-16(3,13)14/h11H,4-7H2,1-3H3,(H2,10,12). The van der Waals surface area contributed by atoms with Crippen molar-refractivity contribution in [1.82, 2.24) is 5.32 Å². The molecule has 0 aromatic rings. The largest absolute Gasteiger partial charge is 0.368 e. The molecular weight excluding hydrogens is 248 g/mol. The van der Waals surface area contributed by atoms with Crippen LogP contribution in [0.1, 0.15) is 13.8 Å². The van der Waals surface area contributed by atoms with E-state index in [1.807, 2.05) is 6.92 Å². The van der Waals surface area contributed by atoms with E-state index in [2.05, 4.69) is 5.32 Å². The lowest BCUT2D eigenvalue weighted by molar-refractivity contribution is -0.122. The van der Waals surface area contributed by atoms with Crippen LogP contribution < -0.4 is 11.1 Å². The van der Waals surface area contributed by atoms with Gasteiger partial charge in [-0.3, -0.25) is 4.79 Å². The molecule has 0 spiro atoms. The van der Waals surface area contributed by atoms with Gasteiger partial charge in [-0.05, 0) is 13.5 Å². The Morgan fingerprint density at radius 2 is 2.06 bits per heavy atom. The Labute approximate surface area is 101 Å². The summed E-state index contributed by atoms with van der Waals surface area (Å²) < 4.78 is 21.8. The van der Waals surface area contributed by atoms with Crippen LogP contribution in [-0.4, -0.2) is 49.9 Å². The first-order valence-electron chi connectivity index (χ1n) is 5.01. The number of nitrogens with one attached hydrogen (secondary N) is 1. The number of hydrogen-bond donors (Lipinski definition) is 2. The number of primary amides is 1. The van der Waals surface area contributed by atoms with E-state index in [0.29, 0.717) is 18.1 Å².